The molecular weight excluding hydrogens is 260 g/mol. The summed E-state index contributed by atoms with van der Waals surface area (Å²) in [6.07, 6.45) is 1.73. The molecule has 3 nitrogen and oxygen atoms in total. The van der Waals surface area contributed by atoms with Gasteiger partial charge in [-0.25, -0.2) is 0 Å². The zero-order chi connectivity index (χ0) is 15.0. The van der Waals surface area contributed by atoms with Gasteiger partial charge in [0.25, 0.3) is 5.56 Å². The van der Waals surface area contributed by atoms with Crippen LogP contribution in [0.2, 0.25) is 0 Å². The van der Waals surface area contributed by atoms with E-state index in [0.29, 0.717) is 5.39 Å². The van der Waals surface area contributed by atoms with Crippen LogP contribution in [0.4, 0.5) is 0 Å². The first-order valence-corrected chi connectivity index (χ1v) is 7.05. The first-order valence-electron chi connectivity index (χ1n) is 7.05. The number of aromatic nitrogens is 2. The molecule has 3 heteroatoms. The predicted molar refractivity (Wildman–Crippen MR) is 86.0 cm³/mol. The van der Waals surface area contributed by atoms with Gasteiger partial charge in [0.1, 0.15) is 0 Å². The molecule has 0 aliphatic heterocycles. The Morgan fingerprint density at radius 3 is 2.29 bits per heavy atom. The summed E-state index contributed by atoms with van der Waals surface area (Å²) in [6, 6.07) is 15.5. The summed E-state index contributed by atoms with van der Waals surface area (Å²) < 4.78 is 1.45. The number of hydrogen-bond acceptors (Lipinski definition) is 2. The standard InChI is InChI=1S/C18H18N2O/c1-18(2,3)14-8-10-15(11-9-14)20-17(21)16-7-5-4-6-13(16)12-19-20/h4-12H,1-3H3. The van der Waals surface area contributed by atoms with Gasteiger partial charge in [-0.3, -0.25) is 4.79 Å². The fourth-order valence-corrected chi connectivity index (χ4v) is 2.38. The maximum atomic E-state index is 12.5. The molecule has 2 aromatic carbocycles. The maximum Gasteiger partial charge on any atom is 0.279 e. The van der Waals surface area contributed by atoms with E-state index < -0.39 is 0 Å². The van der Waals surface area contributed by atoms with Crippen LogP contribution in [0, 0.1) is 0 Å². The molecule has 0 saturated carbocycles. The molecule has 0 bridgehead atoms. The fraction of sp³-hybridized carbons (Fsp3) is 0.222. The highest BCUT2D eigenvalue weighted by Gasteiger charge is 2.13. The maximum absolute atomic E-state index is 12.5. The molecular formula is C18H18N2O. The van der Waals surface area contributed by atoms with Gasteiger partial charge < -0.3 is 0 Å². The summed E-state index contributed by atoms with van der Waals surface area (Å²) >= 11 is 0. The van der Waals surface area contributed by atoms with Crippen LogP contribution in [0.3, 0.4) is 0 Å². The van der Waals surface area contributed by atoms with Gasteiger partial charge in [-0.1, -0.05) is 51.1 Å². The molecule has 3 aromatic rings. The van der Waals surface area contributed by atoms with Gasteiger partial charge in [-0.2, -0.15) is 9.78 Å². The van der Waals surface area contributed by atoms with Crippen LogP contribution in [-0.4, -0.2) is 9.78 Å². The SMILES string of the molecule is CC(C)(C)c1ccc(-n2ncc3ccccc3c2=O)cc1. The summed E-state index contributed by atoms with van der Waals surface area (Å²) in [5.74, 6) is 0. The van der Waals surface area contributed by atoms with Crippen molar-refractivity contribution in [1.82, 2.24) is 9.78 Å². The van der Waals surface area contributed by atoms with Crippen LogP contribution in [0.5, 0.6) is 0 Å². The lowest BCUT2D eigenvalue weighted by molar-refractivity contribution is 0.590. The second kappa shape index (κ2) is 4.85. The largest absolute Gasteiger partial charge is 0.279 e. The normalized spacial score (nSPS) is 11.8. The second-order valence-electron chi connectivity index (χ2n) is 6.25. The van der Waals surface area contributed by atoms with E-state index in [1.54, 1.807) is 6.20 Å². The van der Waals surface area contributed by atoms with Gasteiger partial charge in [-0.15, -0.1) is 0 Å². The third-order valence-corrected chi connectivity index (χ3v) is 3.67. The molecule has 0 N–H and O–H groups in total. The van der Waals surface area contributed by atoms with Gasteiger partial charge in [0.15, 0.2) is 0 Å². The average Bonchev–Trinajstić information content (AvgIpc) is 2.47. The Morgan fingerprint density at radius 2 is 1.62 bits per heavy atom. The highest BCUT2D eigenvalue weighted by molar-refractivity contribution is 5.80. The third-order valence-electron chi connectivity index (χ3n) is 3.67. The molecule has 0 atom stereocenters. The van der Waals surface area contributed by atoms with Crippen molar-refractivity contribution in [2.45, 2.75) is 26.2 Å². The summed E-state index contributed by atoms with van der Waals surface area (Å²) in [5.41, 5.74) is 2.04. The van der Waals surface area contributed by atoms with Crippen LogP contribution in [0.15, 0.2) is 59.5 Å². The van der Waals surface area contributed by atoms with Crippen molar-refractivity contribution in [3.63, 3.8) is 0 Å². The van der Waals surface area contributed by atoms with Gasteiger partial charge in [0, 0.05) is 5.39 Å². The molecule has 1 heterocycles. The Labute approximate surface area is 123 Å². The predicted octanol–water partition coefficient (Wildman–Crippen LogP) is 3.68. The number of nitrogens with zero attached hydrogens (tertiary/aromatic N) is 2. The Balaban J connectivity index is 2.13. The van der Waals surface area contributed by atoms with E-state index in [4.69, 9.17) is 0 Å². The van der Waals surface area contributed by atoms with Crippen LogP contribution in [-0.2, 0) is 5.41 Å². The molecule has 0 spiro atoms. The van der Waals surface area contributed by atoms with Crippen molar-refractivity contribution in [1.29, 1.82) is 0 Å². The summed E-state index contributed by atoms with van der Waals surface area (Å²) in [4.78, 5) is 12.5. The number of hydrogen-bond donors (Lipinski definition) is 0. The van der Waals surface area contributed by atoms with E-state index in [0.717, 1.165) is 11.1 Å². The molecule has 3 rings (SSSR count). The number of benzene rings is 2. The zero-order valence-electron chi connectivity index (χ0n) is 12.5. The first kappa shape index (κ1) is 13.6. The first-order chi connectivity index (χ1) is 9.97. The third kappa shape index (κ3) is 2.47. The minimum absolute atomic E-state index is 0.0865. The van der Waals surface area contributed by atoms with E-state index in [-0.39, 0.29) is 11.0 Å². The van der Waals surface area contributed by atoms with E-state index in [1.165, 1.54) is 10.2 Å². The highest BCUT2D eigenvalue weighted by atomic mass is 16.1. The monoisotopic (exact) mass is 278 g/mol. The minimum atomic E-state index is -0.0865. The Kier molecular flexibility index (Phi) is 3.13. The van der Waals surface area contributed by atoms with Crippen molar-refractivity contribution < 1.29 is 0 Å². The molecule has 0 unspecified atom stereocenters. The van der Waals surface area contributed by atoms with Crippen molar-refractivity contribution in [2.75, 3.05) is 0 Å². The summed E-state index contributed by atoms with van der Waals surface area (Å²) in [6.45, 7) is 6.51. The van der Waals surface area contributed by atoms with E-state index in [1.807, 2.05) is 36.4 Å². The Morgan fingerprint density at radius 1 is 0.952 bits per heavy atom. The highest BCUT2D eigenvalue weighted by Crippen LogP contribution is 2.22. The summed E-state index contributed by atoms with van der Waals surface area (Å²) in [5, 5.41) is 5.83. The average molecular weight is 278 g/mol. The fourth-order valence-electron chi connectivity index (χ4n) is 2.38. The lowest BCUT2D eigenvalue weighted by Gasteiger charge is -2.19. The quantitative estimate of drug-likeness (QED) is 0.680. The Hall–Kier alpha value is -2.42. The smallest absolute Gasteiger partial charge is 0.267 e. The zero-order valence-corrected chi connectivity index (χ0v) is 12.5. The van der Waals surface area contributed by atoms with Crippen LogP contribution >= 0.6 is 0 Å². The van der Waals surface area contributed by atoms with Gasteiger partial charge in [-0.05, 0) is 29.2 Å². The van der Waals surface area contributed by atoms with Gasteiger partial charge in [0.2, 0.25) is 0 Å². The number of fused-ring (bicyclic) bond motifs is 1. The molecule has 1 aromatic heterocycles. The lowest BCUT2D eigenvalue weighted by atomic mass is 9.87. The van der Waals surface area contributed by atoms with Gasteiger partial charge >= 0.3 is 0 Å². The lowest BCUT2D eigenvalue weighted by Crippen LogP contribution is -2.21. The van der Waals surface area contributed by atoms with Crippen molar-refractivity contribution in [3.8, 4) is 5.69 Å². The topological polar surface area (TPSA) is 34.9 Å². The van der Waals surface area contributed by atoms with Crippen LogP contribution < -0.4 is 5.56 Å². The molecule has 0 saturated heterocycles. The van der Waals surface area contributed by atoms with Gasteiger partial charge in [0.05, 0.1) is 17.3 Å². The van der Waals surface area contributed by atoms with E-state index in [9.17, 15) is 4.79 Å². The molecule has 0 aliphatic carbocycles. The second-order valence-corrected chi connectivity index (χ2v) is 6.25. The Bertz CT molecular complexity index is 839. The molecule has 21 heavy (non-hydrogen) atoms. The number of rotatable bonds is 1. The van der Waals surface area contributed by atoms with Crippen LogP contribution in [0.1, 0.15) is 26.3 Å². The van der Waals surface area contributed by atoms with Crippen LogP contribution in [0.25, 0.3) is 16.5 Å². The van der Waals surface area contributed by atoms with Crippen molar-refractivity contribution >= 4 is 10.8 Å². The van der Waals surface area contributed by atoms with E-state index >= 15 is 0 Å². The molecule has 0 aliphatic rings. The molecule has 0 fully saturated rings. The molecule has 0 radical (unpaired) electrons. The van der Waals surface area contributed by atoms with Crippen molar-refractivity contribution in [3.05, 3.63) is 70.6 Å². The molecule has 106 valence electrons. The molecule has 0 amide bonds. The minimum Gasteiger partial charge on any atom is -0.267 e. The van der Waals surface area contributed by atoms with Crippen molar-refractivity contribution in [2.24, 2.45) is 0 Å². The van der Waals surface area contributed by atoms with E-state index in [2.05, 4.69) is 38.0 Å². The summed E-state index contributed by atoms with van der Waals surface area (Å²) in [7, 11) is 0.